The van der Waals surface area contributed by atoms with Gasteiger partial charge in [0.2, 0.25) is 0 Å². The highest BCUT2D eigenvalue weighted by Crippen LogP contribution is 2.26. The minimum Gasteiger partial charge on any atom is -0.465 e. The molecule has 3 rings (SSSR count). The number of hydrogen-bond acceptors (Lipinski definition) is 5. The quantitative estimate of drug-likeness (QED) is 0.712. The van der Waals surface area contributed by atoms with E-state index in [1.807, 2.05) is 4.90 Å². The molecule has 1 aromatic carbocycles. The van der Waals surface area contributed by atoms with Gasteiger partial charge in [0.05, 0.1) is 18.7 Å². The Morgan fingerprint density at radius 2 is 1.97 bits per heavy atom. The molecule has 29 heavy (non-hydrogen) atoms. The number of aryl methyl sites for hydroxylation is 1. The van der Waals surface area contributed by atoms with Crippen LogP contribution in [0.5, 0.6) is 0 Å². The summed E-state index contributed by atoms with van der Waals surface area (Å²) in [6.07, 6.45) is 2.24. The number of amides is 1. The highest BCUT2D eigenvalue weighted by molar-refractivity contribution is 5.99. The molecule has 1 aliphatic rings. The normalized spacial score (nSPS) is 15.2. The molecule has 7 nitrogen and oxygen atoms in total. The molecule has 0 radical (unpaired) electrons. The fourth-order valence-electron chi connectivity index (χ4n) is 3.42. The third-order valence-electron chi connectivity index (χ3n) is 4.78. The fraction of sp³-hybridized carbons (Fsp3) is 0.450. The number of halogens is 2. The van der Waals surface area contributed by atoms with Crippen molar-refractivity contribution >= 4 is 11.9 Å². The second-order valence-corrected chi connectivity index (χ2v) is 6.92. The van der Waals surface area contributed by atoms with Crippen LogP contribution in [0.25, 0.3) is 11.3 Å². The van der Waals surface area contributed by atoms with Crippen LogP contribution >= 0.6 is 0 Å². The van der Waals surface area contributed by atoms with Crippen LogP contribution in [-0.2, 0) is 16.6 Å². The molecular formula is C20H24F2N4O3. The first-order chi connectivity index (χ1) is 13.9. The standard InChI is InChI=1S/C20H24F2N4O3/c1-3-29-18(27)13-25-7-4-8-26(10-9-25)20(28)16-12-24(2)23-19(16)15-6-5-14(21)11-17(15)22/h5-6,11-12H,3-4,7-10,13H2,1-2H3. The minimum absolute atomic E-state index is 0.0779. The third kappa shape index (κ3) is 4.97. The predicted octanol–water partition coefficient (Wildman–Crippen LogP) is 2.08. The first-order valence-electron chi connectivity index (χ1n) is 9.55. The summed E-state index contributed by atoms with van der Waals surface area (Å²) in [7, 11) is 1.64. The molecule has 1 aromatic heterocycles. The van der Waals surface area contributed by atoms with Crippen molar-refractivity contribution in [1.29, 1.82) is 0 Å². The Hall–Kier alpha value is -2.81. The second kappa shape index (κ2) is 9.13. The van der Waals surface area contributed by atoms with E-state index >= 15 is 0 Å². The molecule has 9 heteroatoms. The van der Waals surface area contributed by atoms with E-state index in [-0.39, 0.29) is 35.2 Å². The molecule has 1 aliphatic heterocycles. The first kappa shape index (κ1) is 20.9. The van der Waals surface area contributed by atoms with Gasteiger partial charge in [-0.25, -0.2) is 8.78 Å². The van der Waals surface area contributed by atoms with Crippen LogP contribution in [0.3, 0.4) is 0 Å². The van der Waals surface area contributed by atoms with Crippen molar-refractivity contribution in [3.8, 4) is 11.3 Å². The predicted molar refractivity (Wildman–Crippen MR) is 102 cm³/mol. The SMILES string of the molecule is CCOC(=O)CN1CCCN(C(=O)c2cn(C)nc2-c2ccc(F)cc2F)CC1. The van der Waals surface area contributed by atoms with Crippen LogP contribution in [0.2, 0.25) is 0 Å². The molecule has 1 saturated heterocycles. The van der Waals surface area contributed by atoms with Crippen LogP contribution in [0.15, 0.2) is 24.4 Å². The van der Waals surface area contributed by atoms with Gasteiger partial charge in [-0.15, -0.1) is 0 Å². The molecule has 0 unspecified atom stereocenters. The van der Waals surface area contributed by atoms with E-state index in [2.05, 4.69) is 5.10 Å². The molecule has 0 saturated carbocycles. The average Bonchev–Trinajstić information content (AvgIpc) is 2.89. The highest BCUT2D eigenvalue weighted by Gasteiger charge is 2.26. The van der Waals surface area contributed by atoms with Crippen molar-refractivity contribution in [3.05, 3.63) is 41.6 Å². The van der Waals surface area contributed by atoms with Gasteiger partial charge in [-0.3, -0.25) is 19.2 Å². The molecule has 1 amide bonds. The Morgan fingerprint density at radius 1 is 1.17 bits per heavy atom. The van der Waals surface area contributed by atoms with Crippen molar-refractivity contribution in [3.63, 3.8) is 0 Å². The van der Waals surface area contributed by atoms with Crippen LogP contribution in [0, 0.1) is 11.6 Å². The average molecular weight is 406 g/mol. The molecule has 0 aliphatic carbocycles. The summed E-state index contributed by atoms with van der Waals surface area (Å²) < 4.78 is 34.0. The van der Waals surface area contributed by atoms with Crippen molar-refractivity contribution in [2.45, 2.75) is 13.3 Å². The number of rotatable bonds is 5. The second-order valence-electron chi connectivity index (χ2n) is 6.92. The number of carbonyl (C=O) groups is 2. The number of carbonyl (C=O) groups excluding carboxylic acids is 2. The lowest BCUT2D eigenvalue weighted by Crippen LogP contribution is -2.37. The molecule has 0 spiro atoms. The summed E-state index contributed by atoms with van der Waals surface area (Å²) in [4.78, 5) is 28.5. The molecule has 0 atom stereocenters. The lowest BCUT2D eigenvalue weighted by Gasteiger charge is -2.21. The molecule has 0 N–H and O–H groups in total. The summed E-state index contributed by atoms with van der Waals surface area (Å²) in [5, 5.41) is 4.22. The molecular weight excluding hydrogens is 382 g/mol. The Labute approximate surface area is 167 Å². The van der Waals surface area contributed by atoms with Crippen molar-refractivity contribution in [1.82, 2.24) is 19.6 Å². The molecule has 2 heterocycles. The van der Waals surface area contributed by atoms with Gasteiger partial charge < -0.3 is 9.64 Å². The number of aromatic nitrogens is 2. The summed E-state index contributed by atoms with van der Waals surface area (Å²) >= 11 is 0. The number of esters is 1. The van der Waals surface area contributed by atoms with E-state index < -0.39 is 11.6 Å². The maximum atomic E-state index is 14.3. The number of nitrogens with zero attached hydrogens (tertiary/aromatic N) is 4. The van der Waals surface area contributed by atoms with Crippen LogP contribution in [0.4, 0.5) is 8.78 Å². The maximum Gasteiger partial charge on any atom is 0.320 e. The van der Waals surface area contributed by atoms with Gasteiger partial charge in [-0.05, 0) is 25.5 Å². The zero-order valence-corrected chi connectivity index (χ0v) is 16.5. The first-order valence-corrected chi connectivity index (χ1v) is 9.55. The fourth-order valence-corrected chi connectivity index (χ4v) is 3.42. The number of benzene rings is 1. The highest BCUT2D eigenvalue weighted by atomic mass is 19.1. The maximum absolute atomic E-state index is 14.3. The van der Waals surface area contributed by atoms with Crippen molar-refractivity contribution < 1.29 is 23.1 Å². The Balaban J connectivity index is 1.76. The van der Waals surface area contributed by atoms with Gasteiger partial charge in [0.15, 0.2) is 0 Å². The summed E-state index contributed by atoms with van der Waals surface area (Å²) in [5.41, 5.74) is 0.522. The number of hydrogen-bond donors (Lipinski definition) is 0. The van der Waals surface area contributed by atoms with E-state index in [4.69, 9.17) is 4.74 Å². The molecule has 2 aromatic rings. The van der Waals surface area contributed by atoms with E-state index in [0.29, 0.717) is 39.2 Å². The van der Waals surface area contributed by atoms with Gasteiger partial charge >= 0.3 is 5.97 Å². The summed E-state index contributed by atoms with van der Waals surface area (Å²) in [6, 6.07) is 3.20. The van der Waals surface area contributed by atoms with E-state index in [1.165, 1.54) is 10.7 Å². The summed E-state index contributed by atoms with van der Waals surface area (Å²) in [5.74, 6) is -2.01. The monoisotopic (exact) mass is 406 g/mol. The van der Waals surface area contributed by atoms with E-state index in [0.717, 1.165) is 12.1 Å². The topological polar surface area (TPSA) is 67.7 Å². The number of ether oxygens (including phenoxy) is 1. The van der Waals surface area contributed by atoms with Crippen molar-refractivity contribution in [2.75, 3.05) is 39.3 Å². The van der Waals surface area contributed by atoms with Gasteiger partial charge in [0.25, 0.3) is 5.91 Å². The van der Waals surface area contributed by atoms with Crippen LogP contribution in [0.1, 0.15) is 23.7 Å². The Kier molecular flexibility index (Phi) is 6.58. The lowest BCUT2D eigenvalue weighted by molar-refractivity contribution is -0.144. The largest absolute Gasteiger partial charge is 0.465 e. The smallest absolute Gasteiger partial charge is 0.320 e. The zero-order valence-electron chi connectivity index (χ0n) is 16.5. The minimum atomic E-state index is -0.769. The van der Waals surface area contributed by atoms with Crippen molar-refractivity contribution in [2.24, 2.45) is 7.05 Å². The van der Waals surface area contributed by atoms with Gasteiger partial charge in [0, 0.05) is 51.1 Å². The third-order valence-corrected chi connectivity index (χ3v) is 4.78. The Bertz CT molecular complexity index is 900. The molecule has 156 valence electrons. The van der Waals surface area contributed by atoms with E-state index in [1.54, 1.807) is 25.1 Å². The zero-order chi connectivity index (χ0) is 21.0. The van der Waals surface area contributed by atoms with Crippen LogP contribution in [-0.4, -0.2) is 70.8 Å². The lowest BCUT2D eigenvalue weighted by atomic mass is 10.1. The van der Waals surface area contributed by atoms with Gasteiger partial charge in [0.1, 0.15) is 17.3 Å². The summed E-state index contributed by atoms with van der Waals surface area (Å²) in [6.45, 7) is 4.43. The van der Waals surface area contributed by atoms with Crippen LogP contribution < -0.4 is 0 Å². The molecule has 0 bridgehead atoms. The molecule has 1 fully saturated rings. The Morgan fingerprint density at radius 3 is 2.69 bits per heavy atom. The van der Waals surface area contributed by atoms with Gasteiger partial charge in [-0.1, -0.05) is 0 Å². The van der Waals surface area contributed by atoms with Gasteiger partial charge in [-0.2, -0.15) is 5.10 Å². The van der Waals surface area contributed by atoms with E-state index in [9.17, 15) is 18.4 Å².